The Kier molecular flexibility index (Phi) is 3.67. The molecule has 0 spiro atoms. The zero-order valence-electron chi connectivity index (χ0n) is 11.2. The largest absolute Gasteiger partial charge is 0.508 e. The average molecular weight is 220 g/mol. The Bertz CT molecular complexity index is 331. The minimum Gasteiger partial charge on any atom is -0.508 e. The van der Waals surface area contributed by atoms with E-state index in [4.69, 9.17) is 0 Å². The first-order valence-corrected chi connectivity index (χ1v) is 6.06. The molecule has 1 unspecified atom stereocenters. The number of hydrogen-bond acceptors (Lipinski definition) is 1. The lowest BCUT2D eigenvalue weighted by Gasteiger charge is -2.42. The van der Waals surface area contributed by atoms with Gasteiger partial charge in [-0.15, -0.1) is 0 Å². The van der Waals surface area contributed by atoms with Crippen molar-refractivity contribution in [3.63, 3.8) is 0 Å². The van der Waals surface area contributed by atoms with Crippen LogP contribution in [0.3, 0.4) is 0 Å². The number of phenols is 1. The van der Waals surface area contributed by atoms with Gasteiger partial charge in [-0.2, -0.15) is 0 Å². The Balaban J connectivity index is 2.89. The molecule has 0 fully saturated rings. The zero-order chi connectivity index (χ0) is 12.4. The van der Waals surface area contributed by atoms with Crippen molar-refractivity contribution in [3.8, 4) is 5.75 Å². The second-order valence-corrected chi connectivity index (χ2v) is 6.01. The molecule has 0 heterocycles. The molecule has 0 aliphatic carbocycles. The number of hydrogen-bond donors (Lipinski definition) is 1. The Morgan fingerprint density at radius 1 is 1.00 bits per heavy atom. The molecule has 1 rings (SSSR count). The molecule has 0 saturated heterocycles. The molecule has 0 aliphatic rings. The summed E-state index contributed by atoms with van der Waals surface area (Å²) in [6.07, 6.45) is 2.23. The van der Waals surface area contributed by atoms with Gasteiger partial charge in [0.15, 0.2) is 0 Å². The van der Waals surface area contributed by atoms with Crippen LogP contribution in [0.25, 0.3) is 0 Å². The number of rotatable bonds is 3. The van der Waals surface area contributed by atoms with Crippen LogP contribution in [0.4, 0.5) is 0 Å². The van der Waals surface area contributed by atoms with Crippen molar-refractivity contribution in [1.29, 1.82) is 0 Å². The minimum absolute atomic E-state index is 0.291. The van der Waals surface area contributed by atoms with E-state index in [1.807, 2.05) is 12.1 Å². The number of phenolic OH excluding ortho intramolecular Hbond substituents is 1. The molecule has 0 radical (unpaired) electrons. The van der Waals surface area contributed by atoms with E-state index in [-0.39, 0.29) is 0 Å². The fourth-order valence-corrected chi connectivity index (χ4v) is 1.98. The number of aromatic hydroxyl groups is 1. The van der Waals surface area contributed by atoms with Crippen LogP contribution < -0.4 is 0 Å². The molecule has 1 N–H and O–H groups in total. The van der Waals surface area contributed by atoms with Crippen molar-refractivity contribution in [3.05, 3.63) is 29.8 Å². The quantitative estimate of drug-likeness (QED) is 0.800. The van der Waals surface area contributed by atoms with Crippen molar-refractivity contribution in [2.75, 3.05) is 0 Å². The van der Waals surface area contributed by atoms with Crippen LogP contribution in [0, 0.1) is 10.8 Å². The van der Waals surface area contributed by atoms with Crippen molar-refractivity contribution in [2.45, 2.75) is 47.5 Å². The van der Waals surface area contributed by atoms with Crippen molar-refractivity contribution in [1.82, 2.24) is 0 Å². The van der Waals surface area contributed by atoms with Gasteiger partial charge < -0.3 is 5.11 Å². The highest BCUT2D eigenvalue weighted by Crippen LogP contribution is 2.43. The first-order chi connectivity index (χ1) is 7.28. The smallest absolute Gasteiger partial charge is 0.115 e. The Morgan fingerprint density at radius 2 is 1.50 bits per heavy atom. The molecule has 0 aromatic heterocycles. The lowest BCUT2D eigenvalue weighted by atomic mass is 9.63. The molecule has 0 amide bonds. The molecule has 1 aromatic carbocycles. The van der Waals surface area contributed by atoms with E-state index in [0.717, 1.165) is 12.8 Å². The summed E-state index contributed by atoms with van der Waals surface area (Å²) in [5.74, 6) is 0.345. The molecular weight excluding hydrogens is 196 g/mol. The monoisotopic (exact) mass is 220 g/mol. The van der Waals surface area contributed by atoms with E-state index in [1.165, 1.54) is 5.56 Å². The lowest BCUT2D eigenvalue weighted by Crippen LogP contribution is -2.34. The van der Waals surface area contributed by atoms with Crippen molar-refractivity contribution < 1.29 is 5.11 Å². The van der Waals surface area contributed by atoms with E-state index in [9.17, 15) is 5.11 Å². The van der Waals surface area contributed by atoms with Gasteiger partial charge in [-0.3, -0.25) is 0 Å². The summed E-state index contributed by atoms with van der Waals surface area (Å²) in [7, 11) is 0. The molecule has 16 heavy (non-hydrogen) atoms. The second kappa shape index (κ2) is 4.48. The van der Waals surface area contributed by atoms with Crippen molar-refractivity contribution in [2.24, 2.45) is 10.8 Å². The van der Waals surface area contributed by atoms with Crippen LogP contribution in [0.15, 0.2) is 24.3 Å². The highest BCUT2D eigenvalue weighted by atomic mass is 16.3. The molecule has 0 saturated carbocycles. The van der Waals surface area contributed by atoms with E-state index >= 15 is 0 Å². The van der Waals surface area contributed by atoms with Gasteiger partial charge in [0.2, 0.25) is 0 Å². The standard InChI is InChI=1S/C15H24O/c1-6-15(5,14(2,3)4)11-12-7-9-13(16)10-8-12/h7-10,16H,6,11H2,1-5H3. The van der Waals surface area contributed by atoms with Crippen LogP contribution in [0.2, 0.25) is 0 Å². The summed E-state index contributed by atoms with van der Waals surface area (Å²) in [5, 5.41) is 9.27. The maximum absolute atomic E-state index is 9.27. The molecule has 1 nitrogen and oxygen atoms in total. The summed E-state index contributed by atoms with van der Waals surface area (Å²) in [4.78, 5) is 0. The summed E-state index contributed by atoms with van der Waals surface area (Å²) < 4.78 is 0. The Hall–Kier alpha value is -0.980. The Morgan fingerprint density at radius 3 is 1.88 bits per heavy atom. The molecule has 1 atom stereocenters. The predicted octanol–water partition coefficient (Wildman–Crippen LogP) is 4.40. The zero-order valence-corrected chi connectivity index (χ0v) is 11.2. The SMILES string of the molecule is CCC(C)(Cc1ccc(O)cc1)C(C)(C)C. The third-order valence-electron chi connectivity index (χ3n) is 4.12. The molecule has 1 heteroatoms. The summed E-state index contributed by atoms with van der Waals surface area (Å²) in [5.41, 5.74) is 1.89. The maximum Gasteiger partial charge on any atom is 0.115 e. The highest BCUT2D eigenvalue weighted by molar-refractivity contribution is 5.26. The molecule has 1 aromatic rings. The van der Waals surface area contributed by atoms with Gasteiger partial charge >= 0.3 is 0 Å². The van der Waals surface area contributed by atoms with Gasteiger partial charge in [0, 0.05) is 0 Å². The molecular formula is C15H24O. The molecule has 90 valence electrons. The fourth-order valence-electron chi connectivity index (χ4n) is 1.98. The maximum atomic E-state index is 9.27. The van der Waals surface area contributed by atoms with E-state index in [0.29, 0.717) is 16.6 Å². The van der Waals surface area contributed by atoms with Gasteiger partial charge in [0.25, 0.3) is 0 Å². The van der Waals surface area contributed by atoms with Gasteiger partial charge in [0.1, 0.15) is 5.75 Å². The van der Waals surface area contributed by atoms with Gasteiger partial charge in [-0.25, -0.2) is 0 Å². The highest BCUT2D eigenvalue weighted by Gasteiger charge is 2.35. The third-order valence-corrected chi connectivity index (χ3v) is 4.12. The molecule has 0 bridgehead atoms. The van der Waals surface area contributed by atoms with Gasteiger partial charge in [-0.1, -0.05) is 46.8 Å². The lowest BCUT2D eigenvalue weighted by molar-refractivity contribution is 0.103. The topological polar surface area (TPSA) is 20.2 Å². The Labute approximate surface area is 99.5 Å². The van der Waals surface area contributed by atoms with Crippen LogP contribution in [-0.2, 0) is 6.42 Å². The van der Waals surface area contributed by atoms with Gasteiger partial charge in [0.05, 0.1) is 0 Å². The van der Waals surface area contributed by atoms with Crippen LogP contribution in [0.1, 0.15) is 46.6 Å². The predicted molar refractivity (Wildman–Crippen MR) is 69.7 cm³/mol. The number of benzene rings is 1. The summed E-state index contributed by atoms with van der Waals surface area (Å²) >= 11 is 0. The van der Waals surface area contributed by atoms with Crippen LogP contribution in [-0.4, -0.2) is 5.11 Å². The van der Waals surface area contributed by atoms with E-state index < -0.39 is 0 Å². The van der Waals surface area contributed by atoms with Gasteiger partial charge in [-0.05, 0) is 41.4 Å². The third kappa shape index (κ3) is 2.78. The fraction of sp³-hybridized carbons (Fsp3) is 0.600. The average Bonchev–Trinajstić information content (AvgIpc) is 2.19. The second-order valence-electron chi connectivity index (χ2n) is 6.01. The molecule has 0 aliphatic heterocycles. The van der Waals surface area contributed by atoms with E-state index in [2.05, 4.69) is 34.6 Å². The van der Waals surface area contributed by atoms with Crippen LogP contribution in [0.5, 0.6) is 5.75 Å². The first-order valence-electron chi connectivity index (χ1n) is 6.06. The normalized spacial score (nSPS) is 15.8. The minimum atomic E-state index is 0.291. The van der Waals surface area contributed by atoms with Crippen molar-refractivity contribution >= 4 is 0 Å². The van der Waals surface area contributed by atoms with E-state index in [1.54, 1.807) is 12.1 Å². The summed E-state index contributed by atoms with van der Waals surface area (Å²) in [6.45, 7) is 11.5. The summed E-state index contributed by atoms with van der Waals surface area (Å²) in [6, 6.07) is 7.59. The first kappa shape index (κ1) is 13.1. The van der Waals surface area contributed by atoms with Crippen LogP contribution >= 0.6 is 0 Å².